The lowest BCUT2D eigenvalue weighted by molar-refractivity contribution is -0.141. The Balaban J connectivity index is 1.70. The van der Waals surface area contributed by atoms with Crippen molar-refractivity contribution >= 4 is 22.8 Å². The summed E-state index contributed by atoms with van der Waals surface area (Å²) >= 11 is 0. The minimum atomic E-state index is -0.394. The van der Waals surface area contributed by atoms with Gasteiger partial charge in [-0.25, -0.2) is 14.6 Å². The summed E-state index contributed by atoms with van der Waals surface area (Å²) in [6.07, 6.45) is 3.11. The maximum Gasteiger partial charge on any atom is 0.327 e. The molecule has 2 aromatic carbocycles. The normalized spacial score (nSPS) is 11.8. The first kappa shape index (κ1) is 20.3. The Morgan fingerprint density at radius 1 is 1.06 bits per heavy atom. The summed E-state index contributed by atoms with van der Waals surface area (Å²) in [7, 11) is 1.34. The number of nitrogens with zero attached hydrogens (tertiary/aromatic N) is 4. The van der Waals surface area contributed by atoms with Crippen LogP contribution in [0.3, 0.4) is 0 Å². The number of hydrogen-bond acceptors (Lipinski definition) is 7. The average molecular weight is 417 g/mol. The number of hydrogen-bond donors (Lipinski definition) is 1. The van der Waals surface area contributed by atoms with Crippen LogP contribution in [-0.2, 0) is 16.1 Å². The number of ether oxygens (including phenoxy) is 2. The van der Waals surface area contributed by atoms with Gasteiger partial charge in [-0.3, -0.25) is 4.79 Å². The molecule has 31 heavy (non-hydrogen) atoms. The van der Waals surface area contributed by atoms with Gasteiger partial charge in [-0.05, 0) is 30.2 Å². The predicted molar refractivity (Wildman–Crippen MR) is 117 cm³/mol. The number of anilines is 1. The van der Waals surface area contributed by atoms with E-state index < -0.39 is 5.97 Å². The fourth-order valence-corrected chi connectivity index (χ4v) is 3.38. The number of methoxy groups -OCH3 is 1. The van der Waals surface area contributed by atoms with Crippen LogP contribution in [0.2, 0.25) is 0 Å². The van der Waals surface area contributed by atoms with Crippen LogP contribution < -0.4 is 10.1 Å². The van der Waals surface area contributed by atoms with Crippen molar-refractivity contribution in [2.24, 2.45) is 0 Å². The maximum atomic E-state index is 11.7. The van der Waals surface area contributed by atoms with Crippen molar-refractivity contribution in [3.05, 3.63) is 78.2 Å². The Bertz CT molecular complexity index is 1160. The van der Waals surface area contributed by atoms with E-state index in [0.717, 1.165) is 22.3 Å². The summed E-state index contributed by atoms with van der Waals surface area (Å²) in [4.78, 5) is 20.4. The van der Waals surface area contributed by atoms with Crippen LogP contribution in [-0.4, -0.2) is 39.4 Å². The largest absolute Gasteiger partial charge is 0.494 e. The highest BCUT2D eigenvalue weighted by Gasteiger charge is 2.18. The molecular weight excluding hydrogens is 394 g/mol. The fourth-order valence-electron chi connectivity index (χ4n) is 3.38. The predicted octanol–water partition coefficient (Wildman–Crippen LogP) is 3.60. The number of carbonyl (C=O) groups is 1. The SMILES string of the molecule is CCOc1ccc(C(Nc2ncnc3c2cnn3CC(=O)OC)c2ccccc2)cc1. The van der Waals surface area contributed by atoms with E-state index in [1.54, 1.807) is 6.20 Å². The first-order valence-corrected chi connectivity index (χ1v) is 9.97. The Hall–Kier alpha value is -3.94. The zero-order valence-corrected chi connectivity index (χ0v) is 17.4. The molecule has 0 saturated carbocycles. The molecule has 2 heterocycles. The fraction of sp³-hybridized carbons (Fsp3) is 0.217. The summed E-state index contributed by atoms with van der Waals surface area (Å²) in [5.41, 5.74) is 2.70. The molecule has 2 aromatic heterocycles. The van der Waals surface area contributed by atoms with Gasteiger partial charge in [-0.15, -0.1) is 0 Å². The molecule has 8 nitrogen and oxygen atoms in total. The van der Waals surface area contributed by atoms with Crippen molar-refractivity contribution in [2.75, 3.05) is 19.0 Å². The Kier molecular flexibility index (Phi) is 6.07. The van der Waals surface area contributed by atoms with Crippen molar-refractivity contribution < 1.29 is 14.3 Å². The van der Waals surface area contributed by atoms with Crippen LogP contribution >= 0.6 is 0 Å². The summed E-state index contributed by atoms with van der Waals surface area (Å²) in [5.74, 6) is 1.06. The number of nitrogens with one attached hydrogen (secondary N) is 1. The van der Waals surface area contributed by atoms with Crippen LogP contribution in [0.1, 0.15) is 24.1 Å². The first-order chi connectivity index (χ1) is 15.2. The van der Waals surface area contributed by atoms with E-state index >= 15 is 0 Å². The van der Waals surface area contributed by atoms with Crippen molar-refractivity contribution in [3.63, 3.8) is 0 Å². The van der Waals surface area contributed by atoms with Crippen LogP contribution in [0, 0.1) is 0 Å². The lowest BCUT2D eigenvalue weighted by atomic mass is 9.98. The van der Waals surface area contributed by atoms with Gasteiger partial charge in [-0.2, -0.15) is 5.10 Å². The number of esters is 1. The average Bonchev–Trinajstić information content (AvgIpc) is 3.22. The molecule has 0 spiro atoms. The second-order valence-electron chi connectivity index (χ2n) is 6.83. The van der Waals surface area contributed by atoms with E-state index in [0.29, 0.717) is 18.1 Å². The number of aromatic nitrogens is 4. The topological polar surface area (TPSA) is 91.2 Å². The molecule has 8 heteroatoms. The van der Waals surface area contributed by atoms with Crippen molar-refractivity contribution in [1.82, 2.24) is 19.7 Å². The van der Waals surface area contributed by atoms with E-state index in [4.69, 9.17) is 9.47 Å². The highest BCUT2D eigenvalue weighted by Crippen LogP contribution is 2.30. The quantitative estimate of drug-likeness (QED) is 0.438. The van der Waals surface area contributed by atoms with Gasteiger partial charge in [0.15, 0.2) is 5.65 Å². The van der Waals surface area contributed by atoms with Gasteiger partial charge in [-0.1, -0.05) is 42.5 Å². The molecule has 1 atom stereocenters. The smallest absolute Gasteiger partial charge is 0.327 e. The molecule has 0 radical (unpaired) electrons. The van der Waals surface area contributed by atoms with Crippen molar-refractivity contribution in [3.8, 4) is 5.75 Å². The van der Waals surface area contributed by atoms with Gasteiger partial charge in [0, 0.05) is 0 Å². The molecule has 4 rings (SSSR count). The monoisotopic (exact) mass is 417 g/mol. The molecule has 0 saturated heterocycles. The third-order valence-electron chi connectivity index (χ3n) is 4.88. The molecule has 0 bridgehead atoms. The van der Waals surface area contributed by atoms with E-state index in [2.05, 4.69) is 32.5 Å². The van der Waals surface area contributed by atoms with Gasteiger partial charge >= 0.3 is 5.97 Å². The minimum Gasteiger partial charge on any atom is -0.494 e. The molecule has 0 aliphatic heterocycles. The summed E-state index contributed by atoms with van der Waals surface area (Å²) in [6.45, 7) is 2.56. The molecule has 0 aliphatic carbocycles. The summed E-state index contributed by atoms with van der Waals surface area (Å²) < 4.78 is 11.8. The Labute approximate surface area is 179 Å². The second-order valence-corrected chi connectivity index (χ2v) is 6.83. The molecule has 0 aliphatic rings. The Morgan fingerprint density at radius 2 is 1.81 bits per heavy atom. The third-order valence-corrected chi connectivity index (χ3v) is 4.88. The maximum absolute atomic E-state index is 11.7. The lowest BCUT2D eigenvalue weighted by Crippen LogP contribution is -2.15. The number of rotatable bonds is 8. The molecule has 0 amide bonds. The number of benzene rings is 2. The summed E-state index contributed by atoms with van der Waals surface area (Å²) in [6, 6.07) is 18.0. The van der Waals surface area contributed by atoms with Crippen LogP contribution in [0.4, 0.5) is 5.82 Å². The zero-order valence-electron chi connectivity index (χ0n) is 17.4. The first-order valence-electron chi connectivity index (χ1n) is 9.97. The van der Waals surface area contributed by atoms with E-state index in [-0.39, 0.29) is 12.6 Å². The highest BCUT2D eigenvalue weighted by molar-refractivity contribution is 5.87. The third kappa shape index (κ3) is 4.48. The Morgan fingerprint density at radius 3 is 2.52 bits per heavy atom. The summed E-state index contributed by atoms with van der Waals surface area (Å²) in [5, 5.41) is 8.53. The molecule has 158 valence electrons. The molecule has 1 unspecified atom stereocenters. The van der Waals surface area contributed by atoms with Gasteiger partial charge in [0.25, 0.3) is 0 Å². The molecule has 4 aromatic rings. The van der Waals surface area contributed by atoms with Crippen LogP contribution in [0.15, 0.2) is 67.1 Å². The van der Waals surface area contributed by atoms with Crippen molar-refractivity contribution in [2.45, 2.75) is 19.5 Å². The molecule has 1 N–H and O–H groups in total. The van der Waals surface area contributed by atoms with Crippen LogP contribution in [0.25, 0.3) is 11.0 Å². The lowest BCUT2D eigenvalue weighted by Gasteiger charge is -2.21. The number of fused-ring (bicyclic) bond motifs is 1. The van der Waals surface area contributed by atoms with Gasteiger partial charge < -0.3 is 14.8 Å². The van der Waals surface area contributed by atoms with E-state index in [9.17, 15) is 4.79 Å². The van der Waals surface area contributed by atoms with Gasteiger partial charge in [0.05, 0.1) is 31.3 Å². The highest BCUT2D eigenvalue weighted by atomic mass is 16.5. The van der Waals surface area contributed by atoms with Crippen LogP contribution in [0.5, 0.6) is 5.75 Å². The van der Waals surface area contributed by atoms with Gasteiger partial charge in [0.2, 0.25) is 0 Å². The van der Waals surface area contributed by atoms with Gasteiger partial charge in [0.1, 0.15) is 24.4 Å². The molecule has 0 fully saturated rings. The standard InChI is InChI=1S/C23H23N5O3/c1-3-31-18-11-9-17(10-12-18)21(16-7-5-4-6-8-16)27-22-19-13-26-28(14-20(29)30-2)23(19)25-15-24-22/h4-13,15,21H,3,14H2,1-2H3,(H,24,25,27). The van der Waals surface area contributed by atoms with Crippen molar-refractivity contribution in [1.29, 1.82) is 0 Å². The minimum absolute atomic E-state index is 0.0164. The zero-order chi connectivity index (χ0) is 21.6. The van der Waals surface area contributed by atoms with E-state index in [1.165, 1.54) is 18.1 Å². The second kappa shape index (κ2) is 9.25. The van der Waals surface area contributed by atoms with E-state index in [1.807, 2.05) is 49.4 Å². The molecular formula is C23H23N5O3. The number of carbonyl (C=O) groups excluding carboxylic acids is 1.